The summed E-state index contributed by atoms with van der Waals surface area (Å²) in [5, 5.41) is 3.40. The van der Waals surface area contributed by atoms with Crippen LogP contribution in [0.15, 0.2) is 42.5 Å². The highest BCUT2D eigenvalue weighted by atomic mass is 35.5. The first kappa shape index (κ1) is 14.3. The Balaban J connectivity index is 1.90. The number of nitrogens with two attached hydrogens (primary N) is 1. The van der Waals surface area contributed by atoms with Gasteiger partial charge in [0.2, 0.25) is 0 Å². The Morgan fingerprint density at radius 3 is 2.55 bits per heavy atom. The molecule has 0 unspecified atom stereocenters. The molecule has 0 aliphatic rings. The monoisotopic (exact) mass is 292 g/mol. The largest absolute Gasteiger partial charge is 0.399 e. The molecule has 0 fully saturated rings. The van der Waals surface area contributed by atoms with E-state index in [2.05, 4.69) is 5.32 Å². The van der Waals surface area contributed by atoms with Crippen LogP contribution in [0.3, 0.4) is 0 Å². The lowest BCUT2D eigenvalue weighted by atomic mass is 10.1. The fourth-order valence-corrected chi connectivity index (χ4v) is 1.94. The van der Waals surface area contributed by atoms with Gasteiger partial charge in [0.1, 0.15) is 5.82 Å². The Morgan fingerprint density at radius 2 is 1.90 bits per heavy atom. The van der Waals surface area contributed by atoms with E-state index >= 15 is 0 Å². The molecule has 1 amide bonds. The number of rotatable bonds is 4. The Labute approximate surface area is 121 Å². The first-order chi connectivity index (χ1) is 9.54. The van der Waals surface area contributed by atoms with E-state index in [0.29, 0.717) is 18.0 Å². The summed E-state index contributed by atoms with van der Waals surface area (Å²) in [4.78, 5) is 11.8. The van der Waals surface area contributed by atoms with Crippen molar-refractivity contribution in [3.8, 4) is 0 Å². The summed E-state index contributed by atoms with van der Waals surface area (Å²) in [5.41, 5.74) is 7.01. The summed E-state index contributed by atoms with van der Waals surface area (Å²) in [6.07, 6.45) is 0.674. The average molecular weight is 293 g/mol. The Kier molecular flexibility index (Phi) is 4.58. The number of anilines is 1. The molecular formula is C15H14ClFN2O. The molecule has 0 spiro atoms. The Hall–Kier alpha value is -2.07. The predicted octanol–water partition coefficient (Wildman–Crippen LogP) is 3.03. The van der Waals surface area contributed by atoms with Gasteiger partial charge in [0.25, 0.3) is 5.91 Å². The number of nitrogen functional groups attached to an aromatic ring is 1. The van der Waals surface area contributed by atoms with Crippen molar-refractivity contribution in [2.24, 2.45) is 0 Å². The van der Waals surface area contributed by atoms with Crippen LogP contribution in [0.2, 0.25) is 5.02 Å². The second kappa shape index (κ2) is 6.39. The number of halogens is 2. The summed E-state index contributed by atoms with van der Waals surface area (Å²) in [5.74, 6) is -0.863. The molecule has 0 aliphatic carbocycles. The maximum atomic E-state index is 13.1. The van der Waals surface area contributed by atoms with Crippen LogP contribution < -0.4 is 11.1 Å². The number of hydrogen-bond donors (Lipinski definition) is 2. The minimum Gasteiger partial charge on any atom is -0.399 e. The van der Waals surface area contributed by atoms with Crippen molar-refractivity contribution < 1.29 is 9.18 Å². The lowest BCUT2D eigenvalue weighted by Crippen LogP contribution is -2.25. The molecule has 0 radical (unpaired) electrons. The third-order valence-electron chi connectivity index (χ3n) is 2.79. The highest BCUT2D eigenvalue weighted by molar-refractivity contribution is 6.30. The van der Waals surface area contributed by atoms with Crippen molar-refractivity contribution in [3.05, 3.63) is 64.4 Å². The topological polar surface area (TPSA) is 55.1 Å². The van der Waals surface area contributed by atoms with Gasteiger partial charge in [-0.05, 0) is 42.3 Å². The van der Waals surface area contributed by atoms with Crippen LogP contribution in [-0.4, -0.2) is 12.5 Å². The number of carbonyl (C=O) groups is 1. The lowest BCUT2D eigenvalue weighted by Gasteiger charge is -2.06. The van der Waals surface area contributed by atoms with E-state index in [0.717, 1.165) is 11.6 Å². The van der Waals surface area contributed by atoms with Crippen molar-refractivity contribution in [3.63, 3.8) is 0 Å². The van der Waals surface area contributed by atoms with E-state index in [9.17, 15) is 9.18 Å². The van der Waals surface area contributed by atoms with E-state index < -0.39 is 5.82 Å². The lowest BCUT2D eigenvalue weighted by molar-refractivity contribution is 0.0953. The van der Waals surface area contributed by atoms with Crippen LogP contribution >= 0.6 is 11.6 Å². The van der Waals surface area contributed by atoms with Crippen LogP contribution in [0.5, 0.6) is 0 Å². The molecule has 0 heterocycles. The molecule has 2 aromatic rings. The molecule has 5 heteroatoms. The molecular weight excluding hydrogens is 279 g/mol. The summed E-state index contributed by atoms with van der Waals surface area (Å²) < 4.78 is 13.1. The number of amides is 1. The van der Waals surface area contributed by atoms with Gasteiger partial charge in [-0.15, -0.1) is 0 Å². The van der Waals surface area contributed by atoms with Crippen molar-refractivity contribution >= 4 is 23.2 Å². The maximum absolute atomic E-state index is 13.1. The van der Waals surface area contributed by atoms with Crippen LogP contribution in [-0.2, 0) is 6.42 Å². The van der Waals surface area contributed by atoms with Gasteiger partial charge >= 0.3 is 0 Å². The standard InChI is InChI=1S/C15H14ClFN2O/c16-12-3-1-10(2-4-12)5-6-19-15(20)11-7-13(17)9-14(18)8-11/h1-4,7-9H,5-6,18H2,(H,19,20). The van der Waals surface area contributed by atoms with Crippen LogP contribution in [0.25, 0.3) is 0 Å². The van der Waals surface area contributed by atoms with Crippen molar-refractivity contribution in [2.75, 3.05) is 12.3 Å². The normalized spacial score (nSPS) is 10.3. The molecule has 104 valence electrons. The molecule has 0 aromatic heterocycles. The van der Waals surface area contributed by atoms with Gasteiger partial charge in [0, 0.05) is 22.8 Å². The minimum absolute atomic E-state index is 0.221. The fraction of sp³-hybridized carbons (Fsp3) is 0.133. The van der Waals surface area contributed by atoms with E-state index in [4.69, 9.17) is 17.3 Å². The van der Waals surface area contributed by atoms with Crippen LogP contribution in [0.1, 0.15) is 15.9 Å². The zero-order chi connectivity index (χ0) is 14.5. The van der Waals surface area contributed by atoms with Gasteiger partial charge in [0.15, 0.2) is 0 Å². The average Bonchev–Trinajstić information content (AvgIpc) is 2.40. The highest BCUT2D eigenvalue weighted by Crippen LogP contribution is 2.11. The van der Waals surface area contributed by atoms with Gasteiger partial charge in [-0.2, -0.15) is 0 Å². The minimum atomic E-state index is -0.521. The van der Waals surface area contributed by atoms with E-state index in [1.807, 2.05) is 12.1 Å². The smallest absolute Gasteiger partial charge is 0.251 e. The molecule has 0 atom stereocenters. The quantitative estimate of drug-likeness (QED) is 0.851. The Morgan fingerprint density at radius 1 is 1.20 bits per heavy atom. The second-order valence-corrected chi connectivity index (χ2v) is 4.84. The molecule has 3 nitrogen and oxygen atoms in total. The summed E-state index contributed by atoms with van der Waals surface area (Å²) in [6, 6.07) is 11.2. The number of hydrogen-bond acceptors (Lipinski definition) is 2. The molecule has 3 N–H and O–H groups in total. The zero-order valence-corrected chi connectivity index (χ0v) is 11.5. The first-order valence-electron chi connectivity index (χ1n) is 6.13. The number of carbonyl (C=O) groups excluding carboxylic acids is 1. The van der Waals surface area contributed by atoms with Gasteiger partial charge in [-0.3, -0.25) is 4.79 Å². The third-order valence-corrected chi connectivity index (χ3v) is 3.05. The van der Waals surface area contributed by atoms with E-state index in [1.54, 1.807) is 12.1 Å². The zero-order valence-electron chi connectivity index (χ0n) is 10.7. The molecule has 2 aromatic carbocycles. The summed E-state index contributed by atoms with van der Waals surface area (Å²) >= 11 is 5.79. The van der Waals surface area contributed by atoms with E-state index in [1.165, 1.54) is 12.1 Å². The van der Waals surface area contributed by atoms with Gasteiger partial charge in [-0.25, -0.2) is 4.39 Å². The van der Waals surface area contributed by atoms with Crippen LogP contribution in [0.4, 0.5) is 10.1 Å². The SMILES string of the molecule is Nc1cc(F)cc(C(=O)NCCc2ccc(Cl)cc2)c1. The van der Waals surface area contributed by atoms with Gasteiger partial charge in [-0.1, -0.05) is 23.7 Å². The highest BCUT2D eigenvalue weighted by Gasteiger charge is 2.07. The summed E-state index contributed by atoms with van der Waals surface area (Å²) in [7, 11) is 0. The molecule has 0 saturated carbocycles. The molecule has 0 bridgehead atoms. The predicted molar refractivity (Wildman–Crippen MR) is 78.3 cm³/mol. The molecule has 20 heavy (non-hydrogen) atoms. The fourth-order valence-electron chi connectivity index (χ4n) is 1.82. The Bertz CT molecular complexity index is 594. The first-order valence-corrected chi connectivity index (χ1v) is 6.51. The molecule has 2 rings (SSSR count). The number of benzene rings is 2. The third kappa shape index (κ3) is 3.96. The van der Waals surface area contributed by atoms with Crippen molar-refractivity contribution in [2.45, 2.75) is 6.42 Å². The van der Waals surface area contributed by atoms with Gasteiger partial charge < -0.3 is 11.1 Å². The van der Waals surface area contributed by atoms with Crippen molar-refractivity contribution in [1.82, 2.24) is 5.32 Å². The number of nitrogens with one attached hydrogen (secondary N) is 1. The summed E-state index contributed by atoms with van der Waals surface area (Å²) in [6.45, 7) is 0.455. The second-order valence-electron chi connectivity index (χ2n) is 4.41. The van der Waals surface area contributed by atoms with Crippen LogP contribution in [0, 0.1) is 5.82 Å². The van der Waals surface area contributed by atoms with Gasteiger partial charge in [0.05, 0.1) is 0 Å². The maximum Gasteiger partial charge on any atom is 0.251 e. The van der Waals surface area contributed by atoms with Crippen molar-refractivity contribution in [1.29, 1.82) is 0 Å². The molecule has 0 aliphatic heterocycles. The molecule has 0 saturated heterocycles. The van der Waals surface area contributed by atoms with E-state index in [-0.39, 0.29) is 17.2 Å².